The van der Waals surface area contributed by atoms with Crippen molar-refractivity contribution in [2.75, 3.05) is 0 Å². The highest BCUT2D eigenvalue weighted by atomic mass is 16.4. The minimum atomic E-state index is -1.19. The number of benzene rings is 1. The second kappa shape index (κ2) is 2.44. The van der Waals surface area contributed by atoms with Crippen molar-refractivity contribution in [1.82, 2.24) is 15.4 Å². The van der Waals surface area contributed by atoms with Gasteiger partial charge in [0.25, 0.3) is 0 Å². The number of H-pyrrole nitrogens is 1. The number of aromatic carboxylic acids is 1. The number of carboxylic acid groups (broad SMARTS) is 1. The minimum absolute atomic E-state index is 0.167. The third-order valence-corrected chi connectivity index (χ3v) is 1.69. The Bertz CT molecular complexity index is 477. The van der Waals surface area contributed by atoms with Crippen LogP contribution in [-0.2, 0) is 0 Å². The van der Waals surface area contributed by atoms with Gasteiger partial charge in [0.15, 0.2) is 11.3 Å². The van der Waals surface area contributed by atoms with E-state index in [4.69, 9.17) is 5.11 Å². The van der Waals surface area contributed by atoms with Gasteiger partial charge in [0.2, 0.25) is 0 Å². The Morgan fingerprint density at radius 2 is 2.15 bits per heavy atom. The van der Waals surface area contributed by atoms with Gasteiger partial charge in [0.05, 0.1) is 0 Å². The highest BCUT2D eigenvalue weighted by molar-refractivity contribution is 5.97. The fourth-order valence-corrected chi connectivity index (χ4v) is 1.07. The molecule has 0 spiro atoms. The Morgan fingerprint density at radius 1 is 1.38 bits per heavy atom. The molecule has 6 nitrogen and oxygen atoms in total. The van der Waals surface area contributed by atoms with Crippen LogP contribution in [0.2, 0.25) is 0 Å². The zero-order valence-corrected chi connectivity index (χ0v) is 6.35. The third-order valence-electron chi connectivity index (χ3n) is 1.69. The lowest BCUT2D eigenvalue weighted by atomic mass is 10.2. The largest absolute Gasteiger partial charge is 0.505 e. The molecule has 0 bridgehead atoms. The monoisotopic (exact) mass is 179 g/mol. The van der Waals surface area contributed by atoms with Crippen molar-refractivity contribution in [1.29, 1.82) is 0 Å². The lowest BCUT2D eigenvalue weighted by molar-refractivity contribution is 0.0694. The van der Waals surface area contributed by atoms with Crippen LogP contribution in [0.15, 0.2) is 12.1 Å². The van der Waals surface area contributed by atoms with E-state index < -0.39 is 5.97 Å². The molecule has 0 unspecified atom stereocenters. The summed E-state index contributed by atoms with van der Waals surface area (Å²) in [6, 6.07) is 2.75. The second-order valence-electron chi connectivity index (χ2n) is 2.46. The SMILES string of the molecule is O=C(O)c1ccc2n[nH]nc2c1O. The normalized spacial score (nSPS) is 10.5. The van der Waals surface area contributed by atoms with Crippen LogP contribution in [0.3, 0.4) is 0 Å². The molecule has 0 aliphatic heterocycles. The van der Waals surface area contributed by atoms with E-state index in [9.17, 15) is 9.90 Å². The Balaban J connectivity index is 2.80. The van der Waals surface area contributed by atoms with Crippen LogP contribution < -0.4 is 0 Å². The number of carboxylic acids is 1. The maximum atomic E-state index is 10.6. The molecule has 0 saturated carbocycles. The predicted octanol–water partition coefficient (Wildman–Crippen LogP) is 0.362. The average molecular weight is 179 g/mol. The maximum Gasteiger partial charge on any atom is 0.339 e. The van der Waals surface area contributed by atoms with Crippen LogP contribution in [0.25, 0.3) is 11.0 Å². The zero-order valence-electron chi connectivity index (χ0n) is 6.35. The Kier molecular flexibility index (Phi) is 1.42. The number of phenols is 1. The van der Waals surface area contributed by atoms with Crippen molar-refractivity contribution in [2.24, 2.45) is 0 Å². The smallest absolute Gasteiger partial charge is 0.339 e. The van der Waals surface area contributed by atoms with Crippen molar-refractivity contribution < 1.29 is 15.0 Å². The lowest BCUT2D eigenvalue weighted by Gasteiger charge is -1.97. The number of hydrogen-bond acceptors (Lipinski definition) is 4. The maximum absolute atomic E-state index is 10.6. The first-order valence-corrected chi connectivity index (χ1v) is 3.46. The van der Waals surface area contributed by atoms with Gasteiger partial charge in [0, 0.05) is 0 Å². The van der Waals surface area contributed by atoms with E-state index in [2.05, 4.69) is 15.4 Å². The molecular formula is C7H5N3O3. The van der Waals surface area contributed by atoms with E-state index in [0.717, 1.165) is 0 Å². The second-order valence-corrected chi connectivity index (χ2v) is 2.46. The van der Waals surface area contributed by atoms with Crippen molar-refractivity contribution in [3.8, 4) is 5.75 Å². The topological polar surface area (TPSA) is 99.1 Å². The summed E-state index contributed by atoms with van der Waals surface area (Å²) < 4.78 is 0. The summed E-state index contributed by atoms with van der Waals surface area (Å²) >= 11 is 0. The number of nitrogens with zero attached hydrogens (tertiary/aromatic N) is 2. The summed E-state index contributed by atoms with van der Waals surface area (Å²) in [6.45, 7) is 0. The fraction of sp³-hybridized carbons (Fsp3) is 0. The molecule has 1 aromatic heterocycles. The molecule has 6 heteroatoms. The third kappa shape index (κ3) is 0.994. The Labute approximate surface area is 71.8 Å². The number of nitrogens with one attached hydrogen (secondary N) is 1. The molecule has 66 valence electrons. The van der Waals surface area contributed by atoms with Gasteiger partial charge in [-0.2, -0.15) is 15.4 Å². The van der Waals surface area contributed by atoms with Gasteiger partial charge in [-0.05, 0) is 12.1 Å². The number of fused-ring (bicyclic) bond motifs is 1. The fourth-order valence-electron chi connectivity index (χ4n) is 1.07. The molecule has 0 radical (unpaired) electrons. The van der Waals surface area contributed by atoms with Crippen LogP contribution in [0, 0.1) is 0 Å². The number of carbonyl (C=O) groups is 1. The van der Waals surface area contributed by atoms with Crippen LogP contribution in [-0.4, -0.2) is 31.6 Å². The van der Waals surface area contributed by atoms with E-state index in [1.54, 1.807) is 0 Å². The molecule has 2 aromatic rings. The van der Waals surface area contributed by atoms with Crippen molar-refractivity contribution in [2.45, 2.75) is 0 Å². The first kappa shape index (κ1) is 7.53. The van der Waals surface area contributed by atoms with E-state index in [1.165, 1.54) is 12.1 Å². The van der Waals surface area contributed by atoms with E-state index in [1.807, 2.05) is 0 Å². The first-order chi connectivity index (χ1) is 6.20. The standard InChI is InChI=1S/C7H5N3O3/c11-6-3(7(12)13)1-2-4-5(6)9-10-8-4/h1-2,11H,(H,12,13)(H,8,9,10). The van der Waals surface area contributed by atoms with Crippen molar-refractivity contribution >= 4 is 17.0 Å². The lowest BCUT2D eigenvalue weighted by Crippen LogP contribution is -1.96. The van der Waals surface area contributed by atoms with Gasteiger partial charge in [-0.15, -0.1) is 0 Å². The van der Waals surface area contributed by atoms with Crippen LogP contribution in [0.1, 0.15) is 10.4 Å². The molecule has 13 heavy (non-hydrogen) atoms. The molecule has 0 amide bonds. The molecule has 0 aliphatic rings. The van der Waals surface area contributed by atoms with Gasteiger partial charge in [-0.1, -0.05) is 0 Å². The summed E-state index contributed by atoms with van der Waals surface area (Å²) in [5.41, 5.74) is 0.420. The summed E-state index contributed by atoms with van der Waals surface area (Å²) in [5.74, 6) is -1.55. The summed E-state index contributed by atoms with van der Waals surface area (Å²) in [7, 11) is 0. The number of aromatic nitrogens is 3. The van der Waals surface area contributed by atoms with Crippen LogP contribution in [0.5, 0.6) is 5.75 Å². The zero-order chi connectivity index (χ0) is 9.42. The molecule has 3 N–H and O–H groups in total. The van der Waals surface area contributed by atoms with E-state index in [0.29, 0.717) is 5.52 Å². The minimum Gasteiger partial charge on any atom is -0.505 e. The molecule has 2 rings (SSSR count). The van der Waals surface area contributed by atoms with E-state index in [-0.39, 0.29) is 16.8 Å². The molecule has 1 aromatic carbocycles. The van der Waals surface area contributed by atoms with Gasteiger partial charge in [0.1, 0.15) is 11.1 Å². The van der Waals surface area contributed by atoms with Crippen LogP contribution in [0.4, 0.5) is 0 Å². The van der Waals surface area contributed by atoms with E-state index >= 15 is 0 Å². The molecule has 0 aliphatic carbocycles. The van der Waals surface area contributed by atoms with Gasteiger partial charge in [-0.3, -0.25) is 0 Å². The molecule has 0 fully saturated rings. The summed E-state index contributed by atoms with van der Waals surface area (Å²) in [4.78, 5) is 10.6. The molecular weight excluding hydrogens is 174 g/mol. The average Bonchev–Trinajstić information content (AvgIpc) is 2.52. The summed E-state index contributed by atoms with van der Waals surface area (Å²) in [6.07, 6.45) is 0. The highest BCUT2D eigenvalue weighted by Gasteiger charge is 2.14. The Morgan fingerprint density at radius 3 is 2.85 bits per heavy atom. The van der Waals surface area contributed by atoms with Crippen molar-refractivity contribution in [3.63, 3.8) is 0 Å². The van der Waals surface area contributed by atoms with Gasteiger partial charge >= 0.3 is 5.97 Å². The number of aromatic amines is 1. The van der Waals surface area contributed by atoms with Crippen LogP contribution >= 0.6 is 0 Å². The first-order valence-electron chi connectivity index (χ1n) is 3.46. The predicted molar refractivity (Wildman–Crippen MR) is 42.5 cm³/mol. The highest BCUT2D eigenvalue weighted by Crippen LogP contribution is 2.24. The number of rotatable bonds is 1. The molecule has 1 heterocycles. The Hall–Kier alpha value is -2.11. The van der Waals surface area contributed by atoms with Gasteiger partial charge in [-0.25, -0.2) is 4.79 Å². The quantitative estimate of drug-likeness (QED) is 0.587. The summed E-state index contributed by atoms with van der Waals surface area (Å²) in [5, 5.41) is 27.6. The number of aromatic hydroxyl groups is 1. The van der Waals surface area contributed by atoms with Crippen molar-refractivity contribution in [3.05, 3.63) is 17.7 Å². The van der Waals surface area contributed by atoms with Gasteiger partial charge < -0.3 is 10.2 Å². The number of hydrogen-bond donors (Lipinski definition) is 3. The molecule has 0 saturated heterocycles. The molecule has 0 atom stereocenters.